The maximum Gasteiger partial charge on any atom is 0.316 e. The molecule has 3 aromatic rings. The van der Waals surface area contributed by atoms with Crippen molar-refractivity contribution in [1.29, 1.82) is 0 Å². The number of benzene rings is 3. The van der Waals surface area contributed by atoms with Crippen LogP contribution in [0, 0.1) is 5.92 Å². The van der Waals surface area contributed by atoms with Crippen LogP contribution >= 0.6 is 0 Å². The number of nitrogens with zero attached hydrogens (tertiary/aromatic N) is 1. The largest absolute Gasteiger partial charge is 0.481 e. The fourth-order valence-corrected chi connectivity index (χ4v) is 5.63. The number of likely N-dealkylation sites (tertiary alicyclic amines) is 1. The van der Waals surface area contributed by atoms with E-state index in [2.05, 4.69) is 4.90 Å². The van der Waals surface area contributed by atoms with Gasteiger partial charge >= 0.3 is 5.97 Å². The van der Waals surface area contributed by atoms with Crippen molar-refractivity contribution in [3.8, 4) is 0 Å². The van der Waals surface area contributed by atoms with E-state index in [-0.39, 0.29) is 5.92 Å². The van der Waals surface area contributed by atoms with Gasteiger partial charge in [-0.05, 0) is 80.4 Å². The number of hydrogen-bond donors (Lipinski definition) is 4. The van der Waals surface area contributed by atoms with Gasteiger partial charge in [0.05, 0.1) is 12.7 Å². The summed E-state index contributed by atoms with van der Waals surface area (Å²) in [4.78, 5) is 14.0. The molecule has 1 saturated heterocycles. The Morgan fingerprint density at radius 2 is 1.42 bits per heavy atom. The molecule has 6 nitrogen and oxygen atoms in total. The van der Waals surface area contributed by atoms with Crippen LogP contribution in [0.1, 0.15) is 61.0 Å². The van der Waals surface area contributed by atoms with Gasteiger partial charge in [-0.3, -0.25) is 4.79 Å². The van der Waals surface area contributed by atoms with Gasteiger partial charge in [-0.2, -0.15) is 0 Å². The van der Waals surface area contributed by atoms with Crippen LogP contribution in [0.5, 0.6) is 0 Å². The van der Waals surface area contributed by atoms with Crippen LogP contribution in [0.4, 0.5) is 0 Å². The van der Waals surface area contributed by atoms with E-state index in [1.165, 1.54) is 6.92 Å². The van der Waals surface area contributed by atoms with E-state index in [4.69, 9.17) is 0 Å². The second kappa shape index (κ2) is 12.2. The van der Waals surface area contributed by atoms with Crippen LogP contribution in [0.15, 0.2) is 84.9 Å². The number of carboxylic acid groups (broad SMARTS) is 1. The number of hydrogen-bond acceptors (Lipinski definition) is 5. The molecule has 0 amide bonds. The molecule has 1 aliphatic heterocycles. The molecule has 0 unspecified atom stereocenters. The van der Waals surface area contributed by atoms with Crippen LogP contribution < -0.4 is 0 Å². The maximum atomic E-state index is 12.1. The lowest BCUT2D eigenvalue weighted by atomic mass is 9.72. The summed E-state index contributed by atoms with van der Waals surface area (Å²) in [5.74, 6) is -0.967. The Morgan fingerprint density at radius 3 is 1.89 bits per heavy atom. The number of aliphatic hydroxyl groups is 3. The molecule has 38 heavy (non-hydrogen) atoms. The van der Waals surface area contributed by atoms with E-state index in [0.717, 1.165) is 55.6 Å². The van der Waals surface area contributed by atoms with Gasteiger partial charge in [0.1, 0.15) is 11.0 Å². The molecule has 1 aliphatic rings. The predicted molar refractivity (Wildman–Crippen MR) is 148 cm³/mol. The second-order valence-corrected chi connectivity index (χ2v) is 10.7. The lowest BCUT2D eigenvalue weighted by Crippen LogP contribution is -2.44. The normalized spacial score (nSPS) is 17.6. The van der Waals surface area contributed by atoms with Gasteiger partial charge in [0, 0.05) is 0 Å². The highest BCUT2D eigenvalue weighted by atomic mass is 16.4. The second-order valence-electron chi connectivity index (χ2n) is 10.7. The molecule has 0 spiro atoms. The van der Waals surface area contributed by atoms with E-state index in [0.29, 0.717) is 12.0 Å². The third kappa shape index (κ3) is 5.84. The van der Waals surface area contributed by atoms with Gasteiger partial charge in [-0.1, -0.05) is 84.9 Å². The van der Waals surface area contributed by atoms with Gasteiger partial charge in [0.2, 0.25) is 0 Å². The third-order valence-corrected chi connectivity index (χ3v) is 8.28. The van der Waals surface area contributed by atoms with E-state index >= 15 is 0 Å². The summed E-state index contributed by atoms with van der Waals surface area (Å²) in [6.45, 7) is 3.66. The number of carboxylic acids is 1. The van der Waals surface area contributed by atoms with E-state index in [1.807, 2.05) is 60.7 Å². The standard InChI is InChI=1S/C32H39NO5/c1-31(23-34,30(36)37)25-16-14-24(15-17-25)29(35)13-8-20-33-21-18-28(19-22-33)32(38,26-9-4-2-5-10-26)27-11-6-3-7-12-27/h2-7,9-12,14-17,28-29,34-35,38H,8,13,18-23H2,1H3,(H,36,37)/t29-,31-/m1/s1. The van der Waals surface area contributed by atoms with Crippen molar-refractivity contribution in [2.24, 2.45) is 5.92 Å². The van der Waals surface area contributed by atoms with Crippen molar-refractivity contribution in [3.05, 3.63) is 107 Å². The van der Waals surface area contributed by atoms with Crippen molar-refractivity contribution < 1.29 is 25.2 Å². The molecule has 0 aliphatic carbocycles. The number of piperidine rings is 1. The zero-order valence-electron chi connectivity index (χ0n) is 22.0. The smallest absolute Gasteiger partial charge is 0.316 e. The van der Waals surface area contributed by atoms with Crippen molar-refractivity contribution in [2.75, 3.05) is 26.2 Å². The van der Waals surface area contributed by atoms with E-state index < -0.39 is 29.7 Å². The zero-order chi connectivity index (χ0) is 27.2. The minimum atomic E-state index is -1.36. The highest BCUT2D eigenvalue weighted by Gasteiger charge is 2.41. The summed E-state index contributed by atoms with van der Waals surface area (Å²) < 4.78 is 0. The van der Waals surface area contributed by atoms with Gasteiger partial charge in [0.15, 0.2) is 0 Å². The molecule has 4 rings (SSSR count). The van der Waals surface area contributed by atoms with Crippen LogP contribution in [-0.4, -0.2) is 57.5 Å². The minimum absolute atomic E-state index is 0.114. The van der Waals surface area contributed by atoms with E-state index in [1.54, 1.807) is 24.3 Å². The highest BCUT2D eigenvalue weighted by molar-refractivity contribution is 5.81. The van der Waals surface area contributed by atoms with Crippen molar-refractivity contribution in [3.63, 3.8) is 0 Å². The molecule has 1 fully saturated rings. The van der Waals surface area contributed by atoms with Crippen LogP contribution in [-0.2, 0) is 15.8 Å². The number of aliphatic carboxylic acids is 1. The quantitative estimate of drug-likeness (QED) is 0.299. The Morgan fingerprint density at radius 1 is 0.895 bits per heavy atom. The van der Waals surface area contributed by atoms with Crippen molar-refractivity contribution in [2.45, 2.75) is 49.7 Å². The monoisotopic (exact) mass is 517 g/mol. The van der Waals surface area contributed by atoms with Crippen LogP contribution in [0.3, 0.4) is 0 Å². The third-order valence-electron chi connectivity index (χ3n) is 8.28. The van der Waals surface area contributed by atoms with E-state index in [9.17, 15) is 25.2 Å². The number of carbonyl (C=O) groups is 1. The van der Waals surface area contributed by atoms with Gasteiger partial charge in [-0.15, -0.1) is 0 Å². The summed E-state index contributed by atoms with van der Waals surface area (Å²) in [6.07, 6.45) is 2.58. The molecule has 202 valence electrons. The lowest BCUT2D eigenvalue weighted by molar-refractivity contribution is -0.144. The van der Waals surface area contributed by atoms with Gasteiger partial charge in [-0.25, -0.2) is 0 Å². The first-order valence-corrected chi connectivity index (χ1v) is 13.5. The maximum absolute atomic E-state index is 12.1. The Balaban J connectivity index is 1.31. The molecule has 2 atom stereocenters. The average molecular weight is 518 g/mol. The summed E-state index contributed by atoms with van der Waals surface area (Å²) in [5, 5.41) is 41.8. The molecule has 0 aromatic heterocycles. The number of rotatable bonds is 11. The predicted octanol–water partition coefficient (Wildman–Crippen LogP) is 4.48. The molecule has 3 aromatic carbocycles. The van der Waals surface area contributed by atoms with Crippen LogP contribution in [0.25, 0.3) is 0 Å². The Labute approximate surface area is 225 Å². The van der Waals surface area contributed by atoms with Crippen molar-refractivity contribution >= 4 is 5.97 Å². The van der Waals surface area contributed by atoms with Crippen LogP contribution in [0.2, 0.25) is 0 Å². The molecular formula is C32H39NO5. The molecule has 0 radical (unpaired) electrons. The Hall–Kier alpha value is -3.03. The molecule has 1 heterocycles. The van der Waals surface area contributed by atoms with Crippen molar-refractivity contribution in [1.82, 2.24) is 4.90 Å². The summed E-state index contributed by atoms with van der Waals surface area (Å²) >= 11 is 0. The van der Waals surface area contributed by atoms with Gasteiger partial charge < -0.3 is 25.3 Å². The minimum Gasteiger partial charge on any atom is -0.481 e. The summed E-state index contributed by atoms with van der Waals surface area (Å²) in [5.41, 5.74) is 0.737. The zero-order valence-corrected chi connectivity index (χ0v) is 22.0. The first-order valence-electron chi connectivity index (χ1n) is 13.5. The highest BCUT2D eigenvalue weighted by Crippen LogP contribution is 2.42. The fraction of sp³-hybridized carbons (Fsp3) is 0.406. The van der Waals surface area contributed by atoms with Gasteiger partial charge in [0.25, 0.3) is 0 Å². The topological polar surface area (TPSA) is 101 Å². The molecule has 6 heteroatoms. The average Bonchev–Trinajstić information content (AvgIpc) is 2.97. The Bertz CT molecular complexity index is 1120. The molecule has 0 saturated carbocycles. The number of aliphatic hydroxyl groups excluding tert-OH is 2. The first kappa shape index (κ1) is 28.0. The summed E-state index contributed by atoms with van der Waals surface area (Å²) in [6, 6.07) is 26.8. The SMILES string of the molecule is C[C@](CO)(C(=O)O)c1ccc([C@H](O)CCCN2CCC(C(O)(c3ccccc3)c3ccccc3)CC2)cc1. The molecule has 4 N–H and O–H groups in total. The lowest BCUT2D eigenvalue weighted by Gasteiger charge is -2.42. The molecular weight excluding hydrogens is 478 g/mol. The Kier molecular flexibility index (Phi) is 9.00. The summed E-state index contributed by atoms with van der Waals surface area (Å²) in [7, 11) is 0. The first-order chi connectivity index (χ1) is 18.3. The molecule has 0 bridgehead atoms. The fourth-order valence-electron chi connectivity index (χ4n) is 5.63.